The van der Waals surface area contributed by atoms with Crippen molar-refractivity contribution in [2.75, 3.05) is 33.4 Å². The fraction of sp³-hybridized carbons (Fsp3) is 0.654. The minimum Gasteiger partial charge on any atom is -0.479 e. The van der Waals surface area contributed by atoms with Crippen LogP contribution in [-0.4, -0.2) is 66.8 Å². The molecule has 0 unspecified atom stereocenters. The molecule has 198 valence electrons. The van der Waals surface area contributed by atoms with Crippen molar-refractivity contribution < 1.29 is 27.6 Å². The number of hydrogen-bond acceptors (Lipinski definition) is 7. The lowest BCUT2D eigenvalue weighted by atomic mass is 9.84. The molecule has 2 aromatic heterocycles. The topological polar surface area (TPSA) is 89.7 Å². The number of hydrogen-bond donors (Lipinski definition) is 1. The summed E-state index contributed by atoms with van der Waals surface area (Å²) in [5.74, 6) is 2.09. The summed E-state index contributed by atoms with van der Waals surface area (Å²) in [4.78, 5) is 19.3. The first-order valence-electron chi connectivity index (χ1n) is 12.9. The zero-order valence-corrected chi connectivity index (χ0v) is 20.9. The quantitative estimate of drug-likeness (QED) is 0.496. The number of amides is 1. The maximum Gasteiger partial charge on any atom is 0.272 e. The summed E-state index contributed by atoms with van der Waals surface area (Å²) in [5.41, 5.74) is 2.14. The lowest BCUT2D eigenvalue weighted by Gasteiger charge is -2.30. The summed E-state index contributed by atoms with van der Waals surface area (Å²) < 4.78 is 40.0. The molecule has 0 aromatic carbocycles. The number of carbonyl (C=O) groups is 1. The number of alkyl halides is 2. The number of halogens is 2. The van der Waals surface area contributed by atoms with E-state index in [4.69, 9.17) is 14.0 Å². The molecule has 1 aliphatic carbocycles. The van der Waals surface area contributed by atoms with Gasteiger partial charge in [0.25, 0.3) is 12.3 Å². The first-order chi connectivity index (χ1) is 17.5. The first-order valence-corrected chi connectivity index (χ1v) is 12.9. The summed E-state index contributed by atoms with van der Waals surface area (Å²) in [6.45, 7) is 2.32. The number of rotatable bonds is 11. The summed E-state index contributed by atoms with van der Waals surface area (Å²) in [6.07, 6.45) is 5.56. The van der Waals surface area contributed by atoms with Crippen LogP contribution in [0.3, 0.4) is 0 Å². The number of nitrogens with zero attached hydrogens (tertiary/aromatic N) is 3. The van der Waals surface area contributed by atoms with Crippen LogP contribution in [0.2, 0.25) is 0 Å². The molecule has 3 heterocycles. The number of carbonyl (C=O) groups excluding carboxylic acids is 1. The van der Waals surface area contributed by atoms with Gasteiger partial charge in [-0.2, -0.15) is 0 Å². The van der Waals surface area contributed by atoms with Gasteiger partial charge in [0.15, 0.2) is 6.61 Å². The number of aromatic nitrogens is 2. The van der Waals surface area contributed by atoms with Gasteiger partial charge >= 0.3 is 0 Å². The van der Waals surface area contributed by atoms with Crippen LogP contribution < -0.4 is 14.8 Å². The van der Waals surface area contributed by atoms with E-state index in [1.54, 1.807) is 12.1 Å². The Morgan fingerprint density at radius 2 is 2.00 bits per heavy atom. The van der Waals surface area contributed by atoms with Gasteiger partial charge in [-0.05, 0) is 61.7 Å². The number of aryl methyl sites for hydroxylation is 1. The highest BCUT2D eigenvalue weighted by atomic mass is 19.3. The minimum absolute atomic E-state index is 0.0503. The van der Waals surface area contributed by atoms with Crippen molar-refractivity contribution in [1.82, 2.24) is 20.4 Å². The van der Waals surface area contributed by atoms with Crippen LogP contribution in [0.25, 0.3) is 0 Å². The molecule has 0 saturated heterocycles. The van der Waals surface area contributed by atoms with Crippen molar-refractivity contribution in [1.29, 1.82) is 0 Å². The molecule has 1 amide bonds. The smallest absolute Gasteiger partial charge is 0.272 e. The van der Waals surface area contributed by atoms with Crippen molar-refractivity contribution in [3.63, 3.8) is 0 Å². The fourth-order valence-electron chi connectivity index (χ4n) is 5.07. The van der Waals surface area contributed by atoms with Crippen molar-refractivity contribution >= 4 is 5.91 Å². The molecule has 8 nitrogen and oxygen atoms in total. The SMILES string of the molecule is COc1cc(CCC(=O)N[C@H]2CC[C@H](CCN3CCc4ccc(OCC(F)F)nc4CC3)CC2)on1. The third kappa shape index (κ3) is 7.88. The summed E-state index contributed by atoms with van der Waals surface area (Å²) in [5, 5.41) is 6.93. The lowest BCUT2D eigenvalue weighted by Crippen LogP contribution is -2.38. The molecular weight excluding hydrogens is 470 g/mol. The third-order valence-corrected chi connectivity index (χ3v) is 7.17. The van der Waals surface area contributed by atoms with E-state index in [1.807, 2.05) is 6.07 Å². The Morgan fingerprint density at radius 1 is 1.19 bits per heavy atom. The van der Waals surface area contributed by atoms with Crippen LogP contribution in [-0.2, 0) is 24.1 Å². The normalized spacial score (nSPS) is 20.6. The van der Waals surface area contributed by atoms with E-state index in [0.29, 0.717) is 30.4 Å². The van der Waals surface area contributed by atoms with Crippen LogP contribution in [0.4, 0.5) is 8.78 Å². The highest BCUT2D eigenvalue weighted by Crippen LogP contribution is 2.28. The van der Waals surface area contributed by atoms with Crippen LogP contribution >= 0.6 is 0 Å². The number of pyridine rings is 1. The molecule has 1 aliphatic heterocycles. The predicted octanol–water partition coefficient (Wildman–Crippen LogP) is 3.82. The predicted molar refractivity (Wildman–Crippen MR) is 129 cm³/mol. The Bertz CT molecular complexity index is 979. The number of fused-ring (bicyclic) bond motifs is 1. The lowest BCUT2D eigenvalue weighted by molar-refractivity contribution is -0.122. The van der Waals surface area contributed by atoms with Crippen LogP contribution in [0.5, 0.6) is 11.8 Å². The van der Waals surface area contributed by atoms with Gasteiger partial charge in [-0.1, -0.05) is 6.07 Å². The highest BCUT2D eigenvalue weighted by molar-refractivity contribution is 5.76. The Labute approximate surface area is 210 Å². The standard InChI is InChI=1S/C26H36F2N4O4/c1-34-26-16-21(36-31-26)7-8-24(33)29-20-5-2-18(3-6-20)10-13-32-14-11-19-4-9-25(35-17-23(27)28)30-22(19)12-15-32/h4,9,16,18,20,23H,2-3,5-8,10-15,17H2,1H3,(H,29,33)/t18-,20-. The molecular formula is C26H36F2N4O4. The number of ether oxygens (including phenoxy) is 2. The Balaban J connectivity index is 1.12. The van der Waals surface area contributed by atoms with Gasteiger partial charge in [0.1, 0.15) is 5.76 Å². The molecule has 1 saturated carbocycles. The van der Waals surface area contributed by atoms with Gasteiger partial charge in [-0.3, -0.25) is 4.79 Å². The molecule has 1 fully saturated rings. The number of nitrogens with one attached hydrogen (secondary N) is 1. The van der Waals surface area contributed by atoms with E-state index in [0.717, 1.165) is 70.3 Å². The molecule has 0 atom stereocenters. The van der Waals surface area contributed by atoms with E-state index in [1.165, 1.54) is 12.7 Å². The average molecular weight is 507 g/mol. The molecule has 0 spiro atoms. The third-order valence-electron chi connectivity index (χ3n) is 7.17. The van der Waals surface area contributed by atoms with Gasteiger partial charge in [-0.25, -0.2) is 13.8 Å². The van der Waals surface area contributed by atoms with Crippen LogP contribution in [0.15, 0.2) is 22.7 Å². The van der Waals surface area contributed by atoms with E-state index < -0.39 is 13.0 Å². The molecule has 4 rings (SSSR count). The van der Waals surface area contributed by atoms with E-state index in [9.17, 15) is 13.6 Å². The maximum absolute atomic E-state index is 12.4. The minimum atomic E-state index is -2.50. The maximum atomic E-state index is 12.4. The monoisotopic (exact) mass is 506 g/mol. The Kier molecular flexibility index (Phi) is 9.49. The zero-order valence-electron chi connectivity index (χ0n) is 20.9. The van der Waals surface area contributed by atoms with Crippen molar-refractivity contribution in [2.45, 2.75) is 70.3 Å². The van der Waals surface area contributed by atoms with Gasteiger partial charge in [0.05, 0.1) is 7.11 Å². The van der Waals surface area contributed by atoms with Crippen LogP contribution in [0, 0.1) is 5.92 Å². The first kappa shape index (κ1) is 26.3. The molecule has 36 heavy (non-hydrogen) atoms. The highest BCUT2D eigenvalue weighted by Gasteiger charge is 2.24. The molecule has 1 N–H and O–H groups in total. The van der Waals surface area contributed by atoms with E-state index in [-0.39, 0.29) is 17.8 Å². The van der Waals surface area contributed by atoms with Gasteiger partial charge in [0, 0.05) is 56.2 Å². The van der Waals surface area contributed by atoms with Crippen molar-refractivity contribution in [2.24, 2.45) is 5.92 Å². The second kappa shape index (κ2) is 13.0. The van der Waals surface area contributed by atoms with Gasteiger partial charge in [-0.15, -0.1) is 0 Å². The second-order valence-corrected chi connectivity index (χ2v) is 9.71. The van der Waals surface area contributed by atoms with Crippen molar-refractivity contribution in [3.8, 4) is 11.8 Å². The largest absolute Gasteiger partial charge is 0.479 e. The molecule has 2 aliphatic rings. The average Bonchev–Trinajstić information content (AvgIpc) is 3.25. The molecule has 10 heteroatoms. The van der Waals surface area contributed by atoms with Gasteiger partial charge in [0.2, 0.25) is 11.8 Å². The van der Waals surface area contributed by atoms with E-state index >= 15 is 0 Å². The summed E-state index contributed by atoms with van der Waals surface area (Å²) in [6, 6.07) is 5.61. The Hall–Kier alpha value is -2.75. The second-order valence-electron chi connectivity index (χ2n) is 9.71. The molecule has 0 bridgehead atoms. The molecule has 2 aromatic rings. The van der Waals surface area contributed by atoms with Gasteiger partial charge < -0.3 is 24.2 Å². The molecule has 0 radical (unpaired) electrons. The summed E-state index contributed by atoms with van der Waals surface area (Å²) >= 11 is 0. The zero-order chi connectivity index (χ0) is 25.3. The Morgan fingerprint density at radius 3 is 2.75 bits per heavy atom. The van der Waals surface area contributed by atoms with Crippen LogP contribution in [0.1, 0.15) is 55.5 Å². The number of methoxy groups -OCH3 is 1. The fourth-order valence-corrected chi connectivity index (χ4v) is 5.07. The summed E-state index contributed by atoms with van der Waals surface area (Å²) in [7, 11) is 1.53. The van der Waals surface area contributed by atoms with E-state index in [2.05, 4.69) is 20.4 Å². The van der Waals surface area contributed by atoms with Crippen molar-refractivity contribution in [3.05, 3.63) is 35.2 Å².